The number of nitrogens with two attached hydrogens (primary N) is 1. The lowest BCUT2D eigenvalue weighted by Crippen LogP contribution is -2.21. The molecule has 0 amide bonds. The van der Waals surface area contributed by atoms with Crippen molar-refractivity contribution in [2.24, 2.45) is 5.73 Å². The van der Waals surface area contributed by atoms with Crippen LogP contribution in [-0.2, 0) is 12.0 Å². The van der Waals surface area contributed by atoms with Crippen LogP contribution >= 0.6 is 0 Å². The van der Waals surface area contributed by atoms with Gasteiger partial charge in [0.1, 0.15) is 5.82 Å². The van der Waals surface area contributed by atoms with E-state index < -0.39 is 0 Å². The van der Waals surface area contributed by atoms with Crippen molar-refractivity contribution in [2.45, 2.75) is 46.1 Å². The van der Waals surface area contributed by atoms with Crippen LogP contribution in [0.5, 0.6) is 0 Å². The molecule has 2 N–H and O–H groups in total. The van der Waals surface area contributed by atoms with Gasteiger partial charge in [-0.2, -0.15) is 0 Å². The van der Waals surface area contributed by atoms with E-state index in [1.165, 1.54) is 11.1 Å². The van der Waals surface area contributed by atoms with Crippen LogP contribution in [0.4, 0.5) is 0 Å². The first-order chi connectivity index (χ1) is 8.49. The van der Waals surface area contributed by atoms with Crippen LogP contribution < -0.4 is 5.73 Å². The van der Waals surface area contributed by atoms with E-state index in [2.05, 4.69) is 55.4 Å². The fourth-order valence-corrected chi connectivity index (χ4v) is 2.58. The van der Waals surface area contributed by atoms with Gasteiger partial charge in [0.05, 0.1) is 11.0 Å². The van der Waals surface area contributed by atoms with E-state index in [1.54, 1.807) is 0 Å². The Morgan fingerprint density at radius 2 is 2.06 bits per heavy atom. The number of nitrogens with zero attached hydrogens (tertiary/aromatic N) is 2. The van der Waals surface area contributed by atoms with Crippen LogP contribution in [0.1, 0.15) is 38.6 Å². The minimum atomic E-state index is 0.118. The summed E-state index contributed by atoms with van der Waals surface area (Å²) in [5.74, 6) is 1.08. The molecule has 0 spiro atoms. The molecule has 0 aliphatic heterocycles. The van der Waals surface area contributed by atoms with Crippen molar-refractivity contribution in [3.05, 3.63) is 29.6 Å². The van der Waals surface area contributed by atoms with Gasteiger partial charge in [0.25, 0.3) is 0 Å². The summed E-state index contributed by atoms with van der Waals surface area (Å²) in [4.78, 5) is 4.65. The lowest BCUT2D eigenvalue weighted by molar-refractivity contribution is 0.488. The number of fused-ring (bicyclic) bond motifs is 1. The van der Waals surface area contributed by atoms with E-state index in [9.17, 15) is 0 Å². The van der Waals surface area contributed by atoms with E-state index in [0.717, 1.165) is 24.3 Å². The topological polar surface area (TPSA) is 43.8 Å². The highest BCUT2D eigenvalue weighted by Gasteiger charge is 2.20. The van der Waals surface area contributed by atoms with Crippen molar-refractivity contribution in [1.82, 2.24) is 9.55 Å². The number of aromatic nitrogens is 2. The third-order valence-electron chi connectivity index (χ3n) is 3.81. The van der Waals surface area contributed by atoms with Crippen molar-refractivity contribution in [1.29, 1.82) is 0 Å². The SMILES string of the molecule is CCn1c(C)nc2cc(C(C)(C)CCN)ccc21. The second kappa shape index (κ2) is 4.73. The van der Waals surface area contributed by atoms with Crippen LogP contribution in [0.2, 0.25) is 0 Å². The summed E-state index contributed by atoms with van der Waals surface area (Å²) in [6.45, 7) is 10.4. The maximum absolute atomic E-state index is 5.69. The molecule has 0 aliphatic rings. The van der Waals surface area contributed by atoms with E-state index in [-0.39, 0.29) is 5.41 Å². The largest absolute Gasteiger partial charge is 0.330 e. The van der Waals surface area contributed by atoms with Crippen molar-refractivity contribution >= 4 is 11.0 Å². The minimum Gasteiger partial charge on any atom is -0.330 e. The zero-order valence-corrected chi connectivity index (χ0v) is 11.8. The van der Waals surface area contributed by atoms with Gasteiger partial charge in [-0.25, -0.2) is 4.98 Å². The normalized spacial score (nSPS) is 12.3. The third-order valence-corrected chi connectivity index (χ3v) is 3.81. The molecule has 98 valence electrons. The highest BCUT2D eigenvalue weighted by Crippen LogP contribution is 2.29. The van der Waals surface area contributed by atoms with Gasteiger partial charge in [0, 0.05) is 6.54 Å². The van der Waals surface area contributed by atoms with Gasteiger partial charge in [-0.3, -0.25) is 0 Å². The Balaban J connectivity index is 2.51. The average molecular weight is 245 g/mol. The standard InChI is InChI=1S/C15H23N3/c1-5-18-11(2)17-13-10-12(6-7-14(13)18)15(3,4)8-9-16/h6-7,10H,5,8-9,16H2,1-4H3. The molecular formula is C15H23N3. The molecular weight excluding hydrogens is 222 g/mol. The van der Waals surface area contributed by atoms with Gasteiger partial charge in [-0.1, -0.05) is 19.9 Å². The molecule has 2 aromatic rings. The molecule has 1 aromatic carbocycles. The third kappa shape index (κ3) is 2.15. The lowest BCUT2D eigenvalue weighted by Gasteiger charge is -2.24. The van der Waals surface area contributed by atoms with Crippen LogP contribution in [0.25, 0.3) is 11.0 Å². The summed E-state index contributed by atoms with van der Waals surface area (Å²) in [6, 6.07) is 6.61. The van der Waals surface area contributed by atoms with E-state index in [4.69, 9.17) is 5.73 Å². The summed E-state index contributed by atoms with van der Waals surface area (Å²) >= 11 is 0. The fraction of sp³-hybridized carbons (Fsp3) is 0.533. The number of hydrogen-bond donors (Lipinski definition) is 1. The van der Waals surface area contributed by atoms with Gasteiger partial charge in [0.15, 0.2) is 0 Å². The molecule has 0 saturated carbocycles. The van der Waals surface area contributed by atoms with Crippen molar-refractivity contribution in [3.8, 4) is 0 Å². The Morgan fingerprint density at radius 3 is 2.67 bits per heavy atom. The number of rotatable bonds is 4. The molecule has 1 heterocycles. The predicted octanol–water partition coefficient (Wildman–Crippen LogP) is 2.99. The van der Waals surface area contributed by atoms with Gasteiger partial charge in [-0.05, 0) is 49.9 Å². The fourth-order valence-electron chi connectivity index (χ4n) is 2.58. The molecule has 0 unspecified atom stereocenters. The van der Waals surface area contributed by atoms with Crippen LogP contribution in [0, 0.1) is 6.92 Å². The highest BCUT2D eigenvalue weighted by atomic mass is 15.1. The van der Waals surface area contributed by atoms with Crippen molar-refractivity contribution in [3.63, 3.8) is 0 Å². The quantitative estimate of drug-likeness (QED) is 0.900. The molecule has 0 saturated heterocycles. The van der Waals surface area contributed by atoms with Gasteiger partial charge >= 0.3 is 0 Å². The van der Waals surface area contributed by atoms with Gasteiger partial charge in [0.2, 0.25) is 0 Å². The molecule has 18 heavy (non-hydrogen) atoms. The number of hydrogen-bond acceptors (Lipinski definition) is 2. The molecule has 0 bridgehead atoms. The summed E-state index contributed by atoms with van der Waals surface area (Å²) in [5, 5.41) is 0. The number of aryl methyl sites for hydroxylation is 2. The monoisotopic (exact) mass is 245 g/mol. The molecule has 2 rings (SSSR count). The van der Waals surface area contributed by atoms with Crippen molar-refractivity contribution in [2.75, 3.05) is 6.54 Å². The van der Waals surface area contributed by atoms with Crippen LogP contribution in [0.15, 0.2) is 18.2 Å². The summed E-state index contributed by atoms with van der Waals surface area (Å²) in [5.41, 5.74) is 9.45. The average Bonchev–Trinajstić information content (AvgIpc) is 2.63. The minimum absolute atomic E-state index is 0.118. The molecule has 0 atom stereocenters. The second-order valence-electron chi connectivity index (χ2n) is 5.53. The Morgan fingerprint density at radius 1 is 1.33 bits per heavy atom. The van der Waals surface area contributed by atoms with E-state index in [1.807, 2.05) is 0 Å². The first-order valence-electron chi connectivity index (χ1n) is 6.67. The lowest BCUT2D eigenvalue weighted by atomic mass is 9.81. The van der Waals surface area contributed by atoms with E-state index >= 15 is 0 Å². The smallest absolute Gasteiger partial charge is 0.106 e. The van der Waals surface area contributed by atoms with Crippen LogP contribution in [-0.4, -0.2) is 16.1 Å². The Bertz CT molecular complexity index is 552. The molecule has 0 aliphatic carbocycles. The maximum atomic E-state index is 5.69. The van der Waals surface area contributed by atoms with E-state index in [0.29, 0.717) is 6.54 Å². The van der Waals surface area contributed by atoms with Gasteiger partial charge in [-0.15, -0.1) is 0 Å². The summed E-state index contributed by atoms with van der Waals surface area (Å²) in [7, 11) is 0. The Kier molecular flexibility index (Phi) is 3.44. The first-order valence-corrected chi connectivity index (χ1v) is 6.67. The Labute approximate surface area is 109 Å². The molecule has 3 nitrogen and oxygen atoms in total. The predicted molar refractivity (Wildman–Crippen MR) is 76.8 cm³/mol. The maximum Gasteiger partial charge on any atom is 0.106 e. The van der Waals surface area contributed by atoms with Crippen LogP contribution in [0.3, 0.4) is 0 Å². The molecule has 0 radical (unpaired) electrons. The molecule has 0 fully saturated rings. The van der Waals surface area contributed by atoms with Gasteiger partial charge < -0.3 is 10.3 Å². The zero-order chi connectivity index (χ0) is 13.3. The molecule has 1 aromatic heterocycles. The summed E-state index contributed by atoms with van der Waals surface area (Å²) < 4.78 is 2.25. The number of benzene rings is 1. The molecule has 3 heteroatoms. The first kappa shape index (κ1) is 13.1. The number of imidazole rings is 1. The second-order valence-corrected chi connectivity index (χ2v) is 5.53. The van der Waals surface area contributed by atoms with Crippen molar-refractivity contribution < 1.29 is 0 Å². The Hall–Kier alpha value is -1.35. The highest BCUT2D eigenvalue weighted by molar-refractivity contribution is 5.77. The summed E-state index contributed by atoms with van der Waals surface area (Å²) in [6.07, 6.45) is 0.992. The zero-order valence-electron chi connectivity index (χ0n) is 11.8.